The lowest BCUT2D eigenvalue weighted by atomic mass is 9.94. The van der Waals surface area contributed by atoms with E-state index in [1.54, 1.807) is 29.6 Å². The van der Waals surface area contributed by atoms with Crippen molar-refractivity contribution in [2.75, 3.05) is 36.5 Å². The van der Waals surface area contributed by atoms with Crippen LogP contribution in [0.5, 0.6) is 0 Å². The van der Waals surface area contributed by atoms with Crippen LogP contribution in [0.15, 0.2) is 30.7 Å². The molecule has 10 nitrogen and oxygen atoms in total. The van der Waals surface area contributed by atoms with Crippen LogP contribution in [-0.4, -0.2) is 75.1 Å². The summed E-state index contributed by atoms with van der Waals surface area (Å²) in [5.41, 5.74) is -0.412. The van der Waals surface area contributed by atoms with E-state index in [0.717, 1.165) is 10.9 Å². The number of nitrogens with one attached hydrogen (secondary N) is 2. The minimum absolute atomic E-state index is 0.00147. The largest absolute Gasteiger partial charge is 0.390 e. The van der Waals surface area contributed by atoms with Crippen LogP contribution in [0.4, 0.5) is 22.0 Å². The maximum Gasteiger partial charge on any atom is 0.270 e. The molecule has 0 unspecified atom stereocenters. The molecule has 3 aromatic rings. The second-order valence-electron chi connectivity index (χ2n) is 9.91. The first-order valence-corrected chi connectivity index (χ1v) is 12.1. The molecule has 0 bridgehead atoms. The van der Waals surface area contributed by atoms with Gasteiger partial charge >= 0.3 is 0 Å². The van der Waals surface area contributed by atoms with Crippen LogP contribution in [0.1, 0.15) is 49.2 Å². The van der Waals surface area contributed by atoms with Crippen molar-refractivity contribution in [3.63, 3.8) is 0 Å². The summed E-state index contributed by atoms with van der Waals surface area (Å²) in [7, 11) is 0. The zero-order valence-corrected chi connectivity index (χ0v) is 20.5. The summed E-state index contributed by atoms with van der Waals surface area (Å²) >= 11 is 0. The zero-order chi connectivity index (χ0) is 25.4. The van der Waals surface area contributed by atoms with E-state index >= 15 is 0 Å². The molecule has 2 aliphatic heterocycles. The zero-order valence-electron chi connectivity index (χ0n) is 20.5. The lowest BCUT2D eigenvalue weighted by Gasteiger charge is -2.38. The fourth-order valence-corrected chi connectivity index (χ4v) is 4.45. The molecule has 0 spiro atoms. The SMILES string of the molecule is CC(C)c1cnc(C(=O)NC2COC2)c2cnc(Nc3ccnc(N4CC[C@@H](O)[C@@](C)(F)C4)n3)cc12. The summed E-state index contributed by atoms with van der Waals surface area (Å²) in [5.74, 6) is 1.35. The maximum atomic E-state index is 14.7. The van der Waals surface area contributed by atoms with E-state index in [1.165, 1.54) is 6.92 Å². The second-order valence-corrected chi connectivity index (χ2v) is 9.91. The Morgan fingerprint density at radius 2 is 2.03 bits per heavy atom. The van der Waals surface area contributed by atoms with Crippen molar-refractivity contribution >= 4 is 34.3 Å². The number of anilines is 3. The van der Waals surface area contributed by atoms with E-state index in [-0.39, 0.29) is 24.4 Å². The standard InChI is InChI=1S/C25H30FN7O3/c1-14(2)17-9-29-22(23(35)30-15-11-36-12-15)18-10-28-21(8-16(17)18)31-20-4-6-27-24(32-20)33-7-5-19(34)25(3,26)13-33/h4,6,8-10,14-15,19,34H,5,7,11-13H2,1-3H3,(H,30,35)(H,27,28,31,32)/t19-,25+/m1/s1. The average Bonchev–Trinajstić information content (AvgIpc) is 2.82. The highest BCUT2D eigenvalue weighted by Gasteiger charge is 2.39. The summed E-state index contributed by atoms with van der Waals surface area (Å²) in [6.45, 7) is 7.00. The Hall–Kier alpha value is -3.44. The topological polar surface area (TPSA) is 125 Å². The molecular weight excluding hydrogens is 465 g/mol. The van der Waals surface area contributed by atoms with E-state index in [4.69, 9.17) is 4.74 Å². The van der Waals surface area contributed by atoms with Gasteiger partial charge in [0.15, 0.2) is 5.67 Å². The van der Waals surface area contributed by atoms with Crippen molar-refractivity contribution in [2.45, 2.75) is 50.9 Å². The van der Waals surface area contributed by atoms with Crippen molar-refractivity contribution in [3.05, 3.63) is 42.0 Å². The van der Waals surface area contributed by atoms with Crippen LogP contribution in [0.25, 0.3) is 10.8 Å². The predicted octanol–water partition coefficient (Wildman–Crippen LogP) is 2.71. The lowest BCUT2D eigenvalue weighted by Crippen LogP contribution is -2.52. The molecule has 2 atom stereocenters. The normalized spacial score (nSPS) is 22.5. The van der Waals surface area contributed by atoms with Crippen LogP contribution in [0.2, 0.25) is 0 Å². The molecule has 0 aromatic carbocycles. The Morgan fingerprint density at radius 1 is 1.22 bits per heavy atom. The summed E-state index contributed by atoms with van der Waals surface area (Å²) in [5, 5.41) is 17.6. The number of pyridine rings is 2. The van der Waals surface area contributed by atoms with Crippen LogP contribution in [0, 0.1) is 0 Å². The van der Waals surface area contributed by atoms with Gasteiger partial charge in [0.05, 0.1) is 31.9 Å². The smallest absolute Gasteiger partial charge is 0.270 e. The van der Waals surface area contributed by atoms with Gasteiger partial charge in [0, 0.05) is 30.5 Å². The summed E-state index contributed by atoms with van der Waals surface area (Å²) in [6.07, 6.45) is 4.28. The molecule has 11 heteroatoms. The second kappa shape index (κ2) is 9.55. The highest BCUT2D eigenvalue weighted by Crippen LogP contribution is 2.30. The van der Waals surface area contributed by atoms with Crippen LogP contribution in [-0.2, 0) is 4.74 Å². The van der Waals surface area contributed by atoms with Crippen LogP contribution < -0.4 is 15.5 Å². The number of aliphatic hydroxyl groups is 1. The molecule has 190 valence electrons. The third-order valence-electron chi connectivity index (χ3n) is 6.66. The number of carbonyl (C=O) groups excluding carboxylic acids is 1. The number of amides is 1. The Morgan fingerprint density at radius 3 is 2.72 bits per heavy atom. The Balaban J connectivity index is 1.42. The number of halogens is 1. The van der Waals surface area contributed by atoms with Crippen LogP contribution in [0.3, 0.4) is 0 Å². The Labute approximate surface area is 208 Å². The monoisotopic (exact) mass is 495 g/mol. The molecule has 1 amide bonds. The first-order chi connectivity index (χ1) is 17.2. The maximum absolute atomic E-state index is 14.7. The molecule has 0 aliphatic carbocycles. The van der Waals surface area contributed by atoms with Crippen molar-refractivity contribution in [3.8, 4) is 0 Å². The van der Waals surface area contributed by atoms with E-state index in [2.05, 4.69) is 44.4 Å². The number of fused-ring (bicyclic) bond motifs is 1. The lowest BCUT2D eigenvalue weighted by molar-refractivity contribution is -0.00860. The van der Waals surface area contributed by atoms with Gasteiger partial charge in [-0.15, -0.1) is 0 Å². The highest BCUT2D eigenvalue weighted by atomic mass is 19.1. The number of hydrogen-bond donors (Lipinski definition) is 3. The van der Waals surface area contributed by atoms with Crippen molar-refractivity contribution < 1.29 is 19.0 Å². The molecule has 3 N–H and O–H groups in total. The van der Waals surface area contributed by atoms with Gasteiger partial charge in [0.1, 0.15) is 17.3 Å². The molecule has 36 heavy (non-hydrogen) atoms. The number of carbonyl (C=O) groups is 1. The van der Waals surface area contributed by atoms with Crippen LogP contribution >= 0.6 is 0 Å². The first-order valence-electron chi connectivity index (χ1n) is 12.1. The number of ether oxygens (including phenoxy) is 1. The first kappa shape index (κ1) is 24.3. The molecular formula is C25H30FN7O3. The predicted molar refractivity (Wildman–Crippen MR) is 133 cm³/mol. The van der Waals surface area contributed by atoms with Gasteiger partial charge < -0.3 is 25.4 Å². The molecule has 0 saturated carbocycles. The van der Waals surface area contributed by atoms with Crippen molar-refractivity contribution in [1.82, 2.24) is 25.3 Å². The molecule has 0 radical (unpaired) electrons. The Kier molecular flexibility index (Phi) is 6.44. The molecule has 2 aliphatic rings. The molecule has 3 aromatic heterocycles. The van der Waals surface area contributed by atoms with Gasteiger partial charge in [-0.2, -0.15) is 4.98 Å². The fraction of sp³-hybridized carbons (Fsp3) is 0.480. The van der Waals surface area contributed by atoms with E-state index in [0.29, 0.717) is 54.8 Å². The Bertz CT molecular complexity index is 1280. The third kappa shape index (κ3) is 4.80. The number of aromatic nitrogens is 4. The number of piperidine rings is 1. The average molecular weight is 496 g/mol. The van der Waals surface area contributed by atoms with Gasteiger partial charge in [0.2, 0.25) is 5.95 Å². The van der Waals surface area contributed by atoms with E-state index < -0.39 is 11.8 Å². The summed E-state index contributed by atoms with van der Waals surface area (Å²) in [6, 6.07) is 3.59. The van der Waals surface area contributed by atoms with Gasteiger partial charge in [-0.25, -0.2) is 14.4 Å². The molecule has 2 saturated heterocycles. The molecule has 5 heterocycles. The third-order valence-corrected chi connectivity index (χ3v) is 6.66. The number of nitrogens with zero attached hydrogens (tertiary/aromatic N) is 5. The number of hydrogen-bond acceptors (Lipinski definition) is 9. The fourth-order valence-electron chi connectivity index (χ4n) is 4.45. The van der Waals surface area contributed by atoms with Crippen molar-refractivity contribution in [1.29, 1.82) is 0 Å². The summed E-state index contributed by atoms with van der Waals surface area (Å²) in [4.78, 5) is 32.4. The van der Waals surface area contributed by atoms with E-state index in [1.807, 2.05) is 6.07 Å². The van der Waals surface area contributed by atoms with Crippen molar-refractivity contribution in [2.24, 2.45) is 0 Å². The molecule has 5 rings (SSSR count). The van der Waals surface area contributed by atoms with Gasteiger partial charge in [-0.05, 0) is 42.3 Å². The number of rotatable bonds is 6. The van der Waals surface area contributed by atoms with E-state index in [9.17, 15) is 14.3 Å². The van der Waals surface area contributed by atoms with Gasteiger partial charge in [-0.3, -0.25) is 9.78 Å². The minimum atomic E-state index is -1.73. The van der Waals surface area contributed by atoms with Gasteiger partial charge in [-0.1, -0.05) is 13.8 Å². The molecule has 2 fully saturated rings. The van der Waals surface area contributed by atoms with Gasteiger partial charge in [0.25, 0.3) is 5.91 Å². The number of alkyl halides is 1. The summed E-state index contributed by atoms with van der Waals surface area (Å²) < 4.78 is 19.8. The number of aliphatic hydroxyl groups excluding tert-OH is 1. The quantitative estimate of drug-likeness (QED) is 0.473. The minimum Gasteiger partial charge on any atom is -0.390 e. The highest BCUT2D eigenvalue weighted by molar-refractivity contribution is 6.06.